The Hall–Kier alpha value is -1.64. The van der Waals surface area contributed by atoms with Gasteiger partial charge < -0.3 is 10.2 Å². The third-order valence-corrected chi connectivity index (χ3v) is 4.16. The molecule has 0 amide bonds. The molecule has 0 heterocycles. The minimum absolute atomic E-state index is 0.355. The Morgan fingerprint density at radius 3 is 1.37 bits per heavy atom. The molecule has 2 atom stereocenters. The van der Waals surface area contributed by atoms with Crippen molar-refractivity contribution in [1.29, 1.82) is 0 Å². The summed E-state index contributed by atoms with van der Waals surface area (Å²) in [6, 6.07) is 19.3. The maximum atomic E-state index is 10.8. The second kappa shape index (κ2) is 4.48. The molecule has 0 saturated heterocycles. The Morgan fingerprint density at radius 1 is 0.632 bits per heavy atom. The monoisotopic (exact) mass is 254 g/mol. The van der Waals surface area contributed by atoms with Crippen molar-refractivity contribution in [2.24, 2.45) is 0 Å². The number of rotatable bonds is 2. The first-order valence-corrected chi connectivity index (χ1v) is 6.68. The molecule has 0 aromatic heterocycles. The van der Waals surface area contributed by atoms with Crippen molar-refractivity contribution in [1.82, 2.24) is 0 Å². The summed E-state index contributed by atoms with van der Waals surface area (Å²) < 4.78 is 0. The van der Waals surface area contributed by atoms with E-state index in [1.165, 1.54) is 0 Å². The smallest absolute Gasteiger partial charge is 0.0928 e. The van der Waals surface area contributed by atoms with Crippen LogP contribution in [0.2, 0.25) is 0 Å². The second-order valence-electron chi connectivity index (χ2n) is 5.47. The standard InChI is InChI=1S/C17H18O2/c18-16(14-7-3-1-4-8-14)11-12-17(19,13-16)15-9-5-2-6-10-15/h1-10,18-19H,11-13H2. The first-order chi connectivity index (χ1) is 9.12. The first-order valence-electron chi connectivity index (χ1n) is 6.68. The lowest BCUT2D eigenvalue weighted by Crippen LogP contribution is -2.28. The van der Waals surface area contributed by atoms with Crippen LogP contribution in [0.15, 0.2) is 60.7 Å². The Kier molecular flexibility index (Phi) is 2.92. The van der Waals surface area contributed by atoms with Crippen LogP contribution in [0.25, 0.3) is 0 Å². The van der Waals surface area contributed by atoms with Crippen molar-refractivity contribution >= 4 is 0 Å². The summed E-state index contributed by atoms with van der Waals surface area (Å²) in [6.45, 7) is 0. The van der Waals surface area contributed by atoms with E-state index in [0.717, 1.165) is 11.1 Å². The van der Waals surface area contributed by atoms with Crippen molar-refractivity contribution < 1.29 is 10.2 Å². The van der Waals surface area contributed by atoms with E-state index in [2.05, 4.69) is 0 Å². The fourth-order valence-corrected chi connectivity index (χ4v) is 3.06. The Balaban J connectivity index is 1.92. The van der Waals surface area contributed by atoms with Crippen LogP contribution in [-0.4, -0.2) is 10.2 Å². The van der Waals surface area contributed by atoms with Gasteiger partial charge in [0.05, 0.1) is 11.2 Å². The van der Waals surface area contributed by atoms with E-state index in [9.17, 15) is 10.2 Å². The summed E-state index contributed by atoms with van der Waals surface area (Å²) in [5, 5.41) is 21.6. The minimum atomic E-state index is -0.925. The molecule has 3 rings (SSSR count). The van der Waals surface area contributed by atoms with Gasteiger partial charge >= 0.3 is 0 Å². The van der Waals surface area contributed by atoms with Crippen molar-refractivity contribution in [2.75, 3.05) is 0 Å². The highest BCUT2D eigenvalue weighted by atomic mass is 16.3. The molecular formula is C17H18O2. The van der Waals surface area contributed by atoms with Crippen molar-refractivity contribution in [3.63, 3.8) is 0 Å². The van der Waals surface area contributed by atoms with Crippen LogP contribution in [0, 0.1) is 0 Å². The molecule has 2 aromatic rings. The number of benzene rings is 2. The van der Waals surface area contributed by atoms with Crippen LogP contribution in [0.3, 0.4) is 0 Å². The summed E-state index contributed by atoms with van der Waals surface area (Å²) in [6.07, 6.45) is 1.53. The molecule has 2 unspecified atom stereocenters. The van der Waals surface area contributed by atoms with Gasteiger partial charge in [0.25, 0.3) is 0 Å². The third kappa shape index (κ3) is 2.18. The van der Waals surface area contributed by atoms with Crippen LogP contribution in [-0.2, 0) is 11.2 Å². The molecule has 1 aliphatic rings. The average Bonchev–Trinajstić information content (AvgIpc) is 2.80. The van der Waals surface area contributed by atoms with Gasteiger partial charge in [0.2, 0.25) is 0 Å². The maximum absolute atomic E-state index is 10.8. The van der Waals surface area contributed by atoms with Crippen molar-refractivity contribution in [3.8, 4) is 0 Å². The van der Waals surface area contributed by atoms with Gasteiger partial charge in [-0.3, -0.25) is 0 Å². The quantitative estimate of drug-likeness (QED) is 0.865. The van der Waals surface area contributed by atoms with Crippen molar-refractivity contribution in [2.45, 2.75) is 30.5 Å². The number of hydrogen-bond acceptors (Lipinski definition) is 2. The molecular weight excluding hydrogens is 236 g/mol. The molecule has 1 fully saturated rings. The van der Waals surface area contributed by atoms with Crippen LogP contribution < -0.4 is 0 Å². The van der Waals surface area contributed by atoms with Crippen molar-refractivity contribution in [3.05, 3.63) is 71.8 Å². The fraction of sp³-hybridized carbons (Fsp3) is 0.294. The van der Waals surface area contributed by atoms with Crippen LogP contribution in [0.5, 0.6) is 0 Å². The molecule has 0 radical (unpaired) electrons. The van der Waals surface area contributed by atoms with E-state index in [1.807, 2.05) is 60.7 Å². The lowest BCUT2D eigenvalue weighted by molar-refractivity contribution is -0.0143. The van der Waals surface area contributed by atoms with Gasteiger partial charge in [-0.2, -0.15) is 0 Å². The minimum Gasteiger partial charge on any atom is -0.385 e. The molecule has 0 spiro atoms. The van der Waals surface area contributed by atoms with E-state index in [-0.39, 0.29) is 0 Å². The largest absolute Gasteiger partial charge is 0.385 e. The fourth-order valence-electron chi connectivity index (χ4n) is 3.06. The number of hydrogen-bond donors (Lipinski definition) is 2. The Morgan fingerprint density at radius 2 is 1.00 bits per heavy atom. The zero-order valence-corrected chi connectivity index (χ0v) is 10.8. The van der Waals surface area contributed by atoms with E-state index < -0.39 is 11.2 Å². The van der Waals surface area contributed by atoms with Gasteiger partial charge in [-0.15, -0.1) is 0 Å². The highest BCUT2D eigenvalue weighted by Crippen LogP contribution is 2.49. The zero-order valence-electron chi connectivity index (χ0n) is 10.8. The van der Waals surface area contributed by atoms with E-state index in [0.29, 0.717) is 19.3 Å². The molecule has 0 aliphatic heterocycles. The normalized spacial score (nSPS) is 30.4. The van der Waals surface area contributed by atoms with Gasteiger partial charge in [0.15, 0.2) is 0 Å². The third-order valence-electron chi connectivity index (χ3n) is 4.16. The highest BCUT2D eigenvalue weighted by molar-refractivity contribution is 5.30. The van der Waals surface area contributed by atoms with E-state index >= 15 is 0 Å². The summed E-state index contributed by atoms with van der Waals surface area (Å²) in [4.78, 5) is 0. The first kappa shape index (κ1) is 12.4. The van der Waals surface area contributed by atoms with Gasteiger partial charge in [-0.1, -0.05) is 60.7 Å². The van der Waals surface area contributed by atoms with E-state index in [1.54, 1.807) is 0 Å². The Bertz CT molecular complexity index is 500. The molecule has 1 saturated carbocycles. The summed E-state index contributed by atoms with van der Waals surface area (Å²) in [5.74, 6) is 0. The lowest BCUT2D eigenvalue weighted by atomic mass is 9.87. The molecule has 2 N–H and O–H groups in total. The summed E-state index contributed by atoms with van der Waals surface area (Å²) in [7, 11) is 0. The summed E-state index contributed by atoms with van der Waals surface area (Å²) >= 11 is 0. The van der Waals surface area contributed by atoms with Gasteiger partial charge in [0.1, 0.15) is 0 Å². The lowest BCUT2D eigenvalue weighted by Gasteiger charge is -2.27. The Labute approximate surface area is 113 Å². The van der Waals surface area contributed by atoms with E-state index in [4.69, 9.17) is 0 Å². The summed E-state index contributed by atoms with van der Waals surface area (Å²) in [5.41, 5.74) is -0.0683. The molecule has 2 heteroatoms. The molecule has 0 bridgehead atoms. The zero-order chi connectivity index (χ0) is 13.3. The van der Waals surface area contributed by atoms with Crippen LogP contribution in [0.1, 0.15) is 30.4 Å². The average molecular weight is 254 g/mol. The predicted molar refractivity (Wildman–Crippen MR) is 74.5 cm³/mol. The molecule has 2 nitrogen and oxygen atoms in total. The van der Waals surface area contributed by atoms with Crippen LogP contribution >= 0.6 is 0 Å². The van der Waals surface area contributed by atoms with Gasteiger partial charge in [-0.05, 0) is 24.0 Å². The molecule has 19 heavy (non-hydrogen) atoms. The highest BCUT2D eigenvalue weighted by Gasteiger charge is 2.47. The number of aliphatic hydroxyl groups is 2. The van der Waals surface area contributed by atoms with Gasteiger partial charge in [0, 0.05) is 6.42 Å². The topological polar surface area (TPSA) is 40.5 Å². The van der Waals surface area contributed by atoms with Crippen LogP contribution in [0.4, 0.5) is 0 Å². The maximum Gasteiger partial charge on any atom is 0.0928 e. The SMILES string of the molecule is OC1(c2ccccc2)CCC(O)(c2ccccc2)C1. The predicted octanol–water partition coefficient (Wildman–Crippen LogP) is 2.95. The second-order valence-corrected chi connectivity index (χ2v) is 5.47. The van der Waals surface area contributed by atoms with Gasteiger partial charge in [-0.25, -0.2) is 0 Å². The molecule has 2 aromatic carbocycles. The molecule has 1 aliphatic carbocycles. The molecule has 98 valence electrons.